The van der Waals surface area contributed by atoms with Gasteiger partial charge < -0.3 is 9.64 Å². The lowest BCUT2D eigenvalue weighted by molar-refractivity contribution is -0.127. The third-order valence-electron chi connectivity index (χ3n) is 4.25. The Balaban J connectivity index is 1.38. The highest BCUT2D eigenvalue weighted by Gasteiger charge is 2.19. The molecule has 0 atom stereocenters. The zero-order valence-corrected chi connectivity index (χ0v) is 14.5. The standard InChI is InChI=1S/C19H24N4O2/c1-21-16-17(15-20-21)7-8-19(24)23-11-9-22(10-12-23)13-14-25-18-5-3-2-4-6-18/h2-8,15-16H,9-14H2,1H3. The highest BCUT2D eigenvalue weighted by molar-refractivity contribution is 5.91. The lowest BCUT2D eigenvalue weighted by Gasteiger charge is -2.34. The van der Waals surface area contributed by atoms with Crippen LogP contribution >= 0.6 is 0 Å². The van der Waals surface area contributed by atoms with Crippen molar-refractivity contribution in [3.8, 4) is 5.75 Å². The number of aryl methyl sites for hydroxylation is 1. The minimum Gasteiger partial charge on any atom is -0.492 e. The first-order valence-corrected chi connectivity index (χ1v) is 8.56. The van der Waals surface area contributed by atoms with Crippen LogP contribution in [0.3, 0.4) is 0 Å². The van der Waals surface area contributed by atoms with E-state index in [1.165, 1.54) is 0 Å². The first-order valence-electron chi connectivity index (χ1n) is 8.56. The highest BCUT2D eigenvalue weighted by Crippen LogP contribution is 2.09. The van der Waals surface area contributed by atoms with Crippen LogP contribution in [-0.2, 0) is 11.8 Å². The summed E-state index contributed by atoms with van der Waals surface area (Å²) in [4.78, 5) is 16.5. The summed E-state index contributed by atoms with van der Waals surface area (Å²) in [5.74, 6) is 0.959. The number of benzene rings is 1. The maximum absolute atomic E-state index is 12.3. The molecule has 1 amide bonds. The zero-order chi connectivity index (χ0) is 17.5. The van der Waals surface area contributed by atoms with Crippen molar-refractivity contribution in [3.05, 3.63) is 54.4 Å². The molecule has 6 nitrogen and oxygen atoms in total. The number of carbonyl (C=O) groups excluding carboxylic acids is 1. The fraction of sp³-hybridized carbons (Fsp3) is 0.368. The number of hydrogen-bond donors (Lipinski definition) is 0. The molecule has 0 unspecified atom stereocenters. The number of nitrogens with zero attached hydrogens (tertiary/aromatic N) is 4. The van der Waals surface area contributed by atoms with E-state index in [1.54, 1.807) is 17.0 Å². The molecule has 1 aliphatic rings. The summed E-state index contributed by atoms with van der Waals surface area (Å²) in [6, 6.07) is 9.85. The van der Waals surface area contributed by atoms with E-state index in [2.05, 4.69) is 10.00 Å². The minimum absolute atomic E-state index is 0.0593. The monoisotopic (exact) mass is 340 g/mol. The molecule has 25 heavy (non-hydrogen) atoms. The molecule has 0 radical (unpaired) electrons. The average molecular weight is 340 g/mol. The molecular weight excluding hydrogens is 316 g/mol. The van der Waals surface area contributed by atoms with E-state index in [4.69, 9.17) is 4.74 Å². The van der Waals surface area contributed by atoms with Gasteiger partial charge in [-0.05, 0) is 18.2 Å². The molecule has 0 aliphatic carbocycles. The van der Waals surface area contributed by atoms with Gasteiger partial charge in [0.1, 0.15) is 12.4 Å². The normalized spacial score (nSPS) is 15.6. The summed E-state index contributed by atoms with van der Waals surface area (Å²) < 4.78 is 7.45. The van der Waals surface area contributed by atoms with Crippen LogP contribution in [0.4, 0.5) is 0 Å². The molecule has 1 aromatic carbocycles. The zero-order valence-electron chi connectivity index (χ0n) is 14.5. The van der Waals surface area contributed by atoms with Crippen molar-refractivity contribution in [1.29, 1.82) is 0 Å². The fourth-order valence-corrected chi connectivity index (χ4v) is 2.80. The van der Waals surface area contributed by atoms with Gasteiger partial charge in [0.15, 0.2) is 0 Å². The Morgan fingerprint density at radius 1 is 1.20 bits per heavy atom. The second-order valence-corrected chi connectivity index (χ2v) is 6.11. The second-order valence-electron chi connectivity index (χ2n) is 6.11. The van der Waals surface area contributed by atoms with Crippen molar-refractivity contribution in [2.24, 2.45) is 7.05 Å². The Labute approximate surface area is 148 Å². The lowest BCUT2D eigenvalue weighted by atomic mass is 10.2. The molecule has 0 saturated carbocycles. The van der Waals surface area contributed by atoms with Crippen molar-refractivity contribution in [3.63, 3.8) is 0 Å². The van der Waals surface area contributed by atoms with E-state index in [0.29, 0.717) is 6.61 Å². The number of para-hydroxylation sites is 1. The number of ether oxygens (including phenoxy) is 1. The van der Waals surface area contributed by atoms with Gasteiger partial charge in [-0.1, -0.05) is 18.2 Å². The van der Waals surface area contributed by atoms with Crippen LogP contribution in [0.15, 0.2) is 48.8 Å². The number of amides is 1. The average Bonchev–Trinajstić information content (AvgIpc) is 3.06. The molecule has 2 aromatic rings. The summed E-state index contributed by atoms with van der Waals surface area (Å²) >= 11 is 0. The predicted octanol–water partition coefficient (Wildman–Crippen LogP) is 1.66. The summed E-state index contributed by atoms with van der Waals surface area (Å²) in [6.07, 6.45) is 7.07. The topological polar surface area (TPSA) is 50.6 Å². The molecule has 0 bridgehead atoms. The fourth-order valence-electron chi connectivity index (χ4n) is 2.80. The molecular formula is C19H24N4O2. The van der Waals surface area contributed by atoms with Gasteiger partial charge in [0.05, 0.1) is 6.20 Å². The van der Waals surface area contributed by atoms with Gasteiger partial charge >= 0.3 is 0 Å². The molecule has 3 rings (SSSR count). The Bertz CT molecular complexity index is 703. The number of piperazine rings is 1. The van der Waals surface area contributed by atoms with Crippen molar-refractivity contribution in [1.82, 2.24) is 19.6 Å². The van der Waals surface area contributed by atoms with Crippen LogP contribution in [0.2, 0.25) is 0 Å². The molecule has 1 aromatic heterocycles. The van der Waals surface area contributed by atoms with E-state index >= 15 is 0 Å². The molecule has 0 N–H and O–H groups in total. The van der Waals surface area contributed by atoms with Gasteiger partial charge in [-0.25, -0.2) is 0 Å². The van der Waals surface area contributed by atoms with Crippen molar-refractivity contribution in [2.75, 3.05) is 39.3 Å². The molecule has 2 heterocycles. The quantitative estimate of drug-likeness (QED) is 0.751. The van der Waals surface area contributed by atoms with Crippen LogP contribution in [0.1, 0.15) is 5.56 Å². The number of hydrogen-bond acceptors (Lipinski definition) is 4. The number of rotatable bonds is 6. The molecule has 132 valence electrons. The van der Waals surface area contributed by atoms with Crippen LogP contribution in [0.5, 0.6) is 5.75 Å². The minimum atomic E-state index is 0.0593. The maximum Gasteiger partial charge on any atom is 0.246 e. The first kappa shape index (κ1) is 17.2. The van der Waals surface area contributed by atoms with E-state index < -0.39 is 0 Å². The largest absolute Gasteiger partial charge is 0.492 e. The van der Waals surface area contributed by atoms with Gasteiger partial charge in [-0.3, -0.25) is 14.4 Å². The Morgan fingerprint density at radius 2 is 1.96 bits per heavy atom. The van der Waals surface area contributed by atoms with E-state index in [1.807, 2.05) is 54.6 Å². The van der Waals surface area contributed by atoms with Crippen molar-refractivity contribution in [2.45, 2.75) is 0 Å². The van der Waals surface area contributed by atoms with Crippen LogP contribution in [0.25, 0.3) is 6.08 Å². The summed E-state index contributed by atoms with van der Waals surface area (Å²) in [5.41, 5.74) is 0.938. The third kappa shape index (κ3) is 5.19. The molecule has 6 heteroatoms. The molecule has 1 saturated heterocycles. The third-order valence-corrected chi connectivity index (χ3v) is 4.25. The van der Waals surface area contributed by atoms with Gasteiger partial charge in [0.25, 0.3) is 0 Å². The van der Waals surface area contributed by atoms with Crippen molar-refractivity contribution < 1.29 is 9.53 Å². The van der Waals surface area contributed by atoms with Gasteiger partial charge in [0.2, 0.25) is 5.91 Å². The predicted molar refractivity (Wildman–Crippen MR) is 97.2 cm³/mol. The van der Waals surface area contributed by atoms with Gasteiger partial charge in [-0.15, -0.1) is 0 Å². The SMILES string of the molecule is Cn1cc(C=CC(=O)N2CCN(CCOc3ccccc3)CC2)cn1. The van der Waals surface area contributed by atoms with E-state index in [0.717, 1.165) is 44.0 Å². The van der Waals surface area contributed by atoms with E-state index in [9.17, 15) is 4.79 Å². The number of aromatic nitrogens is 2. The second kappa shape index (κ2) is 8.48. The van der Waals surface area contributed by atoms with Gasteiger partial charge in [0, 0.05) is 57.6 Å². The van der Waals surface area contributed by atoms with Crippen LogP contribution < -0.4 is 4.74 Å². The first-order chi connectivity index (χ1) is 12.2. The Kier molecular flexibility index (Phi) is 5.85. The van der Waals surface area contributed by atoms with Crippen LogP contribution in [-0.4, -0.2) is 64.8 Å². The number of carbonyl (C=O) groups is 1. The maximum atomic E-state index is 12.3. The lowest BCUT2D eigenvalue weighted by Crippen LogP contribution is -2.49. The highest BCUT2D eigenvalue weighted by atomic mass is 16.5. The van der Waals surface area contributed by atoms with Gasteiger partial charge in [-0.2, -0.15) is 5.10 Å². The Morgan fingerprint density at radius 3 is 2.64 bits per heavy atom. The molecule has 1 aliphatic heterocycles. The van der Waals surface area contributed by atoms with E-state index in [-0.39, 0.29) is 5.91 Å². The molecule has 1 fully saturated rings. The summed E-state index contributed by atoms with van der Waals surface area (Å²) in [7, 11) is 1.86. The van der Waals surface area contributed by atoms with Crippen LogP contribution in [0, 0.1) is 0 Å². The Hall–Kier alpha value is -2.60. The van der Waals surface area contributed by atoms with Crippen molar-refractivity contribution >= 4 is 12.0 Å². The molecule has 0 spiro atoms. The summed E-state index contributed by atoms with van der Waals surface area (Å²) in [5, 5.41) is 4.09. The summed E-state index contributed by atoms with van der Waals surface area (Å²) in [6.45, 7) is 4.81. The smallest absolute Gasteiger partial charge is 0.246 e.